The zero-order valence-corrected chi connectivity index (χ0v) is 13.4. The second-order valence-corrected chi connectivity index (χ2v) is 5.53. The third-order valence-corrected chi connectivity index (χ3v) is 3.73. The Bertz CT molecular complexity index is 841. The van der Waals surface area contributed by atoms with Gasteiger partial charge < -0.3 is 4.90 Å². The van der Waals surface area contributed by atoms with Crippen LogP contribution < -0.4 is 4.90 Å². The van der Waals surface area contributed by atoms with E-state index in [1.165, 1.54) is 12.1 Å². The number of rotatable bonds is 5. The zero-order chi connectivity index (χ0) is 16.9. The van der Waals surface area contributed by atoms with Gasteiger partial charge in [0.15, 0.2) is 0 Å². The number of aromatic nitrogens is 1. The van der Waals surface area contributed by atoms with Gasteiger partial charge in [-0.25, -0.2) is 4.98 Å². The minimum Gasteiger partial charge on any atom is -0.316 e. The highest BCUT2D eigenvalue weighted by atomic mass is 35.5. The molecular weight excluding hydrogens is 326 g/mol. The van der Waals surface area contributed by atoms with E-state index in [1.54, 1.807) is 4.90 Å². The van der Waals surface area contributed by atoms with Crippen molar-refractivity contribution in [1.82, 2.24) is 4.98 Å². The summed E-state index contributed by atoms with van der Waals surface area (Å²) in [6.07, 6.45) is 0. The van der Waals surface area contributed by atoms with Gasteiger partial charge >= 0.3 is 5.69 Å². The lowest BCUT2D eigenvalue weighted by molar-refractivity contribution is -0.384. The normalized spacial score (nSPS) is 10.4. The van der Waals surface area contributed by atoms with Crippen molar-refractivity contribution in [3.8, 4) is 0 Å². The van der Waals surface area contributed by atoms with Crippen molar-refractivity contribution in [2.45, 2.75) is 6.54 Å². The number of anilines is 2. The topological polar surface area (TPSA) is 59.3 Å². The van der Waals surface area contributed by atoms with Crippen LogP contribution in [-0.2, 0) is 6.54 Å². The van der Waals surface area contributed by atoms with Gasteiger partial charge in [-0.05, 0) is 23.8 Å². The van der Waals surface area contributed by atoms with Crippen LogP contribution >= 0.6 is 11.6 Å². The van der Waals surface area contributed by atoms with Crippen LogP contribution in [0.4, 0.5) is 17.2 Å². The Kier molecular flexibility index (Phi) is 4.72. The molecule has 5 nitrogen and oxygen atoms in total. The number of halogens is 1. The lowest BCUT2D eigenvalue weighted by atomic mass is 10.2. The largest absolute Gasteiger partial charge is 0.316 e. The summed E-state index contributed by atoms with van der Waals surface area (Å²) >= 11 is 6.00. The molecule has 0 bridgehead atoms. The fourth-order valence-electron chi connectivity index (χ4n) is 2.42. The zero-order valence-electron chi connectivity index (χ0n) is 12.7. The molecule has 0 aliphatic carbocycles. The summed E-state index contributed by atoms with van der Waals surface area (Å²) in [4.78, 5) is 17.0. The molecule has 1 aromatic heterocycles. The molecule has 0 N–H and O–H groups in total. The number of hydrogen-bond acceptors (Lipinski definition) is 4. The van der Waals surface area contributed by atoms with Crippen molar-refractivity contribution in [2.75, 3.05) is 4.90 Å². The molecule has 0 fully saturated rings. The Morgan fingerprint density at radius 1 is 0.958 bits per heavy atom. The molecule has 3 aromatic rings. The second kappa shape index (κ2) is 7.10. The van der Waals surface area contributed by atoms with Crippen molar-refractivity contribution in [3.05, 3.63) is 93.6 Å². The van der Waals surface area contributed by atoms with E-state index in [9.17, 15) is 10.1 Å². The fraction of sp³-hybridized carbons (Fsp3) is 0.0556. The lowest BCUT2D eigenvalue weighted by Crippen LogP contribution is -2.19. The summed E-state index contributed by atoms with van der Waals surface area (Å²) in [6.45, 7) is 0.443. The number of nitro groups is 1. The van der Waals surface area contributed by atoms with Crippen molar-refractivity contribution in [3.63, 3.8) is 0 Å². The number of benzene rings is 2. The maximum atomic E-state index is 11.4. The van der Waals surface area contributed by atoms with E-state index < -0.39 is 4.92 Å². The molecule has 3 rings (SSSR count). The molecule has 0 aliphatic rings. The van der Waals surface area contributed by atoms with E-state index in [0.29, 0.717) is 6.54 Å². The molecule has 1 heterocycles. The second-order valence-electron chi connectivity index (χ2n) is 5.14. The Morgan fingerprint density at radius 2 is 1.58 bits per heavy atom. The summed E-state index contributed by atoms with van der Waals surface area (Å²) in [6, 6.07) is 21.9. The molecule has 0 aliphatic heterocycles. The van der Waals surface area contributed by atoms with Gasteiger partial charge in [0, 0.05) is 18.3 Å². The first-order valence-corrected chi connectivity index (χ1v) is 7.70. The van der Waals surface area contributed by atoms with E-state index in [-0.39, 0.29) is 16.7 Å². The molecule has 0 amide bonds. The highest BCUT2D eigenvalue weighted by Gasteiger charge is 2.23. The molecule has 0 saturated carbocycles. The van der Waals surface area contributed by atoms with Gasteiger partial charge in [-0.2, -0.15) is 0 Å². The quantitative estimate of drug-likeness (QED) is 0.373. The molecule has 2 aromatic carbocycles. The predicted molar refractivity (Wildman–Crippen MR) is 94.6 cm³/mol. The predicted octanol–water partition coefficient (Wildman–Crippen LogP) is 4.98. The van der Waals surface area contributed by atoms with Crippen molar-refractivity contribution in [1.29, 1.82) is 0 Å². The molecule has 6 heteroatoms. The van der Waals surface area contributed by atoms with Crippen LogP contribution in [0.2, 0.25) is 5.15 Å². The molecule has 24 heavy (non-hydrogen) atoms. The summed E-state index contributed by atoms with van der Waals surface area (Å²) in [5.74, 6) is 0.225. The number of para-hydroxylation sites is 1. The van der Waals surface area contributed by atoms with Crippen LogP contribution in [0, 0.1) is 10.1 Å². The minimum atomic E-state index is -0.445. The fourth-order valence-corrected chi connectivity index (χ4v) is 2.56. The van der Waals surface area contributed by atoms with Gasteiger partial charge in [-0.3, -0.25) is 10.1 Å². The third-order valence-electron chi connectivity index (χ3n) is 3.52. The van der Waals surface area contributed by atoms with E-state index in [1.807, 2.05) is 60.7 Å². The Balaban J connectivity index is 2.12. The Labute approximate surface area is 144 Å². The molecular formula is C18H14ClN3O2. The summed E-state index contributed by atoms with van der Waals surface area (Å²) in [5.41, 5.74) is 1.73. The van der Waals surface area contributed by atoms with Crippen LogP contribution in [0.15, 0.2) is 72.8 Å². The standard InChI is InChI=1S/C18H14ClN3O2/c19-17-12-11-16(22(23)24)18(20-17)21(15-9-5-2-6-10-15)13-14-7-3-1-4-8-14/h1-12H,13H2. The van der Waals surface area contributed by atoms with Gasteiger partial charge in [-0.15, -0.1) is 0 Å². The molecule has 0 unspecified atom stereocenters. The van der Waals surface area contributed by atoms with E-state index in [2.05, 4.69) is 4.98 Å². The minimum absolute atomic E-state index is 0.0841. The smallest absolute Gasteiger partial charge is 0.312 e. The average molecular weight is 340 g/mol. The SMILES string of the molecule is O=[N+]([O-])c1ccc(Cl)nc1N(Cc1ccccc1)c1ccccc1. The van der Waals surface area contributed by atoms with Gasteiger partial charge in [-0.1, -0.05) is 60.1 Å². The highest BCUT2D eigenvalue weighted by Crippen LogP contribution is 2.34. The van der Waals surface area contributed by atoms with Crippen LogP contribution in [-0.4, -0.2) is 9.91 Å². The molecule has 0 saturated heterocycles. The number of hydrogen-bond donors (Lipinski definition) is 0. The van der Waals surface area contributed by atoms with E-state index in [0.717, 1.165) is 11.3 Å². The first-order chi connectivity index (χ1) is 11.6. The van der Waals surface area contributed by atoms with Crippen LogP contribution in [0.5, 0.6) is 0 Å². The van der Waals surface area contributed by atoms with Crippen molar-refractivity contribution >= 4 is 28.8 Å². The third kappa shape index (κ3) is 3.52. The van der Waals surface area contributed by atoms with Gasteiger partial charge in [0.1, 0.15) is 5.15 Å². The van der Waals surface area contributed by atoms with Crippen LogP contribution in [0.25, 0.3) is 0 Å². The average Bonchev–Trinajstić information content (AvgIpc) is 2.61. The van der Waals surface area contributed by atoms with Crippen molar-refractivity contribution in [2.24, 2.45) is 0 Å². The molecule has 0 atom stereocenters. The highest BCUT2D eigenvalue weighted by molar-refractivity contribution is 6.29. The number of nitrogens with zero attached hydrogens (tertiary/aromatic N) is 3. The van der Waals surface area contributed by atoms with Gasteiger partial charge in [0.2, 0.25) is 5.82 Å². The summed E-state index contributed by atoms with van der Waals surface area (Å²) < 4.78 is 0. The molecule has 0 radical (unpaired) electrons. The van der Waals surface area contributed by atoms with Crippen LogP contribution in [0.3, 0.4) is 0 Å². The van der Waals surface area contributed by atoms with E-state index >= 15 is 0 Å². The summed E-state index contributed by atoms with van der Waals surface area (Å²) in [7, 11) is 0. The maximum absolute atomic E-state index is 11.4. The van der Waals surface area contributed by atoms with Gasteiger partial charge in [0.05, 0.1) is 4.92 Å². The molecule has 0 spiro atoms. The van der Waals surface area contributed by atoms with Crippen molar-refractivity contribution < 1.29 is 4.92 Å². The molecule has 120 valence electrons. The Morgan fingerprint density at radius 3 is 2.21 bits per heavy atom. The van der Waals surface area contributed by atoms with E-state index in [4.69, 9.17) is 11.6 Å². The monoisotopic (exact) mass is 339 g/mol. The number of pyridine rings is 1. The first kappa shape index (κ1) is 16.0. The Hall–Kier alpha value is -2.92. The van der Waals surface area contributed by atoms with Gasteiger partial charge in [0.25, 0.3) is 0 Å². The summed E-state index contributed by atoms with van der Waals surface area (Å²) in [5, 5.41) is 11.6. The first-order valence-electron chi connectivity index (χ1n) is 7.32. The van der Waals surface area contributed by atoms with Crippen LogP contribution in [0.1, 0.15) is 5.56 Å². The maximum Gasteiger partial charge on any atom is 0.312 e. The lowest BCUT2D eigenvalue weighted by Gasteiger charge is -2.24.